The summed E-state index contributed by atoms with van der Waals surface area (Å²) in [6.45, 7) is 2.15. The molecular weight excluding hydrogens is 268 g/mol. The third-order valence-electron chi connectivity index (χ3n) is 3.84. The van der Waals surface area contributed by atoms with E-state index in [4.69, 9.17) is 9.47 Å². The van der Waals surface area contributed by atoms with E-state index < -0.39 is 0 Å². The van der Waals surface area contributed by atoms with Crippen LogP contribution in [0.2, 0.25) is 0 Å². The van der Waals surface area contributed by atoms with Gasteiger partial charge in [-0.25, -0.2) is 5.43 Å². The van der Waals surface area contributed by atoms with Crippen molar-refractivity contribution in [1.82, 2.24) is 5.43 Å². The third-order valence-corrected chi connectivity index (χ3v) is 3.84. The van der Waals surface area contributed by atoms with Crippen molar-refractivity contribution in [2.75, 3.05) is 14.2 Å². The fraction of sp³-hybridized carbons (Fsp3) is 0.500. The number of methoxy groups -OCH3 is 2. The van der Waals surface area contributed by atoms with Crippen LogP contribution in [-0.4, -0.2) is 25.8 Å². The molecule has 0 radical (unpaired) electrons. The molecule has 21 heavy (non-hydrogen) atoms. The monoisotopic (exact) mass is 290 g/mol. The molecule has 0 bridgehead atoms. The SMILES string of the molecule is COc1ccc(C(=O)N/N=C2\CCCCC2C)cc1OC. The summed E-state index contributed by atoms with van der Waals surface area (Å²) < 4.78 is 10.4. The van der Waals surface area contributed by atoms with Gasteiger partial charge in [-0.05, 0) is 43.4 Å². The molecule has 0 aliphatic heterocycles. The number of amides is 1. The van der Waals surface area contributed by atoms with Gasteiger partial charge in [0.2, 0.25) is 0 Å². The van der Waals surface area contributed by atoms with Crippen LogP contribution in [0.5, 0.6) is 11.5 Å². The van der Waals surface area contributed by atoms with Gasteiger partial charge in [0.05, 0.1) is 14.2 Å². The molecule has 1 saturated carbocycles. The zero-order valence-electron chi connectivity index (χ0n) is 12.8. The second kappa shape index (κ2) is 7.11. The number of hydrazone groups is 1. The zero-order chi connectivity index (χ0) is 15.2. The Morgan fingerprint density at radius 2 is 2.00 bits per heavy atom. The lowest BCUT2D eigenvalue weighted by Gasteiger charge is -2.19. The maximum atomic E-state index is 12.1. The van der Waals surface area contributed by atoms with Crippen molar-refractivity contribution in [2.45, 2.75) is 32.6 Å². The van der Waals surface area contributed by atoms with Crippen LogP contribution in [0.1, 0.15) is 43.0 Å². The van der Waals surface area contributed by atoms with Gasteiger partial charge in [-0.2, -0.15) is 5.10 Å². The maximum Gasteiger partial charge on any atom is 0.271 e. The Labute approximate surface area is 125 Å². The third kappa shape index (κ3) is 3.74. The Morgan fingerprint density at radius 1 is 1.24 bits per heavy atom. The first-order valence-electron chi connectivity index (χ1n) is 7.24. The molecule has 114 valence electrons. The number of carbonyl (C=O) groups excluding carboxylic acids is 1. The molecule has 0 aromatic heterocycles. The minimum absolute atomic E-state index is 0.235. The molecule has 0 spiro atoms. The summed E-state index contributed by atoms with van der Waals surface area (Å²) in [4.78, 5) is 12.1. The van der Waals surface area contributed by atoms with Gasteiger partial charge in [-0.3, -0.25) is 4.79 Å². The van der Waals surface area contributed by atoms with Gasteiger partial charge in [0.1, 0.15) is 0 Å². The Kier molecular flexibility index (Phi) is 5.20. The molecule has 2 rings (SSSR count). The van der Waals surface area contributed by atoms with Crippen molar-refractivity contribution < 1.29 is 14.3 Å². The first-order chi connectivity index (χ1) is 10.2. The number of nitrogens with zero attached hydrogens (tertiary/aromatic N) is 1. The quantitative estimate of drug-likeness (QED) is 0.867. The maximum absolute atomic E-state index is 12.1. The summed E-state index contributed by atoms with van der Waals surface area (Å²) in [5.41, 5.74) is 4.22. The molecule has 5 heteroatoms. The molecule has 1 aliphatic rings. The minimum Gasteiger partial charge on any atom is -0.493 e. The number of benzene rings is 1. The summed E-state index contributed by atoms with van der Waals surface area (Å²) in [7, 11) is 3.11. The van der Waals surface area contributed by atoms with Crippen LogP contribution in [0, 0.1) is 5.92 Å². The Morgan fingerprint density at radius 3 is 2.67 bits per heavy atom. The minimum atomic E-state index is -0.235. The normalized spacial score (nSPS) is 20.1. The van der Waals surface area contributed by atoms with E-state index in [9.17, 15) is 4.79 Å². The smallest absolute Gasteiger partial charge is 0.271 e. The Bertz CT molecular complexity index is 540. The molecule has 1 aliphatic carbocycles. The summed E-state index contributed by atoms with van der Waals surface area (Å²) in [6.07, 6.45) is 4.50. The van der Waals surface area contributed by atoms with Gasteiger partial charge in [-0.1, -0.05) is 13.3 Å². The van der Waals surface area contributed by atoms with Gasteiger partial charge < -0.3 is 9.47 Å². The Hall–Kier alpha value is -2.04. The largest absolute Gasteiger partial charge is 0.493 e. The van der Waals surface area contributed by atoms with E-state index in [0.29, 0.717) is 23.0 Å². The molecule has 1 aromatic rings. The second-order valence-corrected chi connectivity index (χ2v) is 5.26. The average Bonchev–Trinajstić information content (AvgIpc) is 2.53. The van der Waals surface area contributed by atoms with E-state index in [1.807, 2.05) is 0 Å². The predicted octanol–water partition coefficient (Wildman–Crippen LogP) is 3.00. The number of hydrogen-bond donors (Lipinski definition) is 1. The summed E-state index contributed by atoms with van der Waals surface area (Å²) in [6, 6.07) is 5.06. The highest BCUT2D eigenvalue weighted by Crippen LogP contribution is 2.27. The van der Waals surface area contributed by atoms with Crippen molar-refractivity contribution in [2.24, 2.45) is 11.0 Å². The molecule has 1 aromatic carbocycles. The fourth-order valence-corrected chi connectivity index (χ4v) is 2.50. The summed E-state index contributed by atoms with van der Waals surface area (Å²) >= 11 is 0. The van der Waals surface area contributed by atoms with Crippen molar-refractivity contribution in [3.05, 3.63) is 23.8 Å². The molecule has 5 nitrogen and oxygen atoms in total. The first kappa shape index (κ1) is 15.4. The van der Waals surface area contributed by atoms with Gasteiger partial charge in [-0.15, -0.1) is 0 Å². The number of rotatable bonds is 4. The summed E-state index contributed by atoms with van der Waals surface area (Å²) in [5, 5.41) is 4.28. The van der Waals surface area contributed by atoms with Gasteiger partial charge in [0.15, 0.2) is 11.5 Å². The molecular formula is C16H22N2O3. The van der Waals surface area contributed by atoms with Crippen molar-refractivity contribution in [3.63, 3.8) is 0 Å². The number of hydrogen-bond acceptors (Lipinski definition) is 4. The molecule has 1 atom stereocenters. The van der Waals surface area contributed by atoms with Crippen LogP contribution in [0.3, 0.4) is 0 Å². The zero-order valence-corrected chi connectivity index (χ0v) is 12.8. The van der Waals surface area contributed by atoms with Crippen LogP contribution in [0.15, 0.2) is 23.3 Å². The van der Waals surface area contributed by atoms with Gasteiger partial charge in [0, 0.05) is 11.3 Å². The lowest BCUT2D eigenvalue weighted by Crippen LogP contribution is -2.24. The van der Waals surface area contributed by atoms with Gasteiger partial charge in [0.25, 0.3) is 5.91 Å². The lowest BCUT2D eigenvalue weighted by atomic mass is 9.89. The lowest BCUT2D eigenvalue weighted by molar-refractivity contribution is 0.0954. The molecule has 0 heterocycles. The van der Waals surface area contributed by atoms with Crippen LogP contribution in [0.4, 0.5) is 0 Å². The average molecular weight is 290 g/mol. The summed E-state index contributed by atoms with van der Waals surface area (Å²) in [5.74, 6) is 1.34. The van der Waals surface area contributed by atoms with Gasteiger partial charge >= 0.3 is 0 Å². The number of carbonyl (C=O) groups is 1. The van der Waals surface area contributed by atoms with Crippen LogP contribution >= 0.6 is 0 Å². The van der Waals surface area contributed by atoms with Crippen LogP contribution in [-0.2, 0) is 0 Å². The van der Waals surface area contributed by atoms with E-state index in [1.165, 1.54) is 6.42 Å². The van der Waals surface area contributed by atoms with Crippen molar-refractivity contribution in [3.8, 4) is 11.5 Å². The molecule has 1 fully saturated rings. The first-order valence-corrected chi connectivity index (χ1v) is 7.24. The van der Waals surface area contributed by atoms with Crippen LogP contribution < -0.4 is 14.9 Å². The van der Waals surface area contributed by atoms with E-state index in [-0.39, 0.29) is 5.91 Å². The topological polar surface area (TPSA) is 59.9 Å². The molecule has 0 saturated heterocycles. The fourth-order valence-electron chi connectivity index (χ4n) is 2.50. The predicted molar refractivity (Wildman–Crippen MR) is 82.1 cm³/mol. The van der Waals surface area contributed by atoms with Crippen molar-refractivity contribution >= 4 is 11.6 Å². The second-order valence-electron chi connectivity index (χ2n) is 5.26. The van der Waals surface area contributed by atoms with E-state index in [0.717, 1.165) is 25.0 Å². The van der Waals surface area contributed by atoms with E-state index in [2.05, 4.69) is 17.5 Å². The van der Waals surface area contributed by atoms with Crippen molar-refractivity contribution in [1.29, 1.82) is 0 Å². The molecule has 1 unspecified atom stereocenters. The molecule has 1 N–H and O–H groups in total. The van der Waals surface area contributed by atoms with E-state index >= 15 is 0 Å². The highest BCUT2D eigenvalue weighted by atomic mass is 16.5. The number of nitrogens with one attached hydrogen (secondary N) is 1. The molecule has 1 amide bonds. The standard InChI is InChI=1S/C16H22N2O3/c1-11-6-4-5-7-13(11)17-18-16(19)12-8-9-14(20-2)15(10-12)21-3/h8-11H,4-7H2,1-3H3,(H,18,19)/b17-13+. The Balaban J connectivity index is 2.08. The van der Waals surface area contributed by atoms with Crippen LogP contribution in [0.25, 0.3) is 0 Å². The highest BCUT2D eigenvalue weighted by molar-refractivity contribution is 5.96. The van der Waals surface area contributed by atoms with E-state index in [1.54, 1.807) is 32.4 Å². The number of ether oxygens (including phenoxy) is 2. The highest BCUT2D eigenvalue weighted by Gasteiger charge is 2.16.